The molecule has 5 nitrogen and oxygen atoms in total. The molecule has 0 radical (unpaired) electrons. The average Bonchev–Trinajstić information content (AvgIpc) is 3.51. The molecular weight excluding hydrogens is 399 g/mol. The van der Waals surface area contributed by atoms with E-state index in [9.17, 15) is 4.39 Å². The minimum absolute atomic E-state index is 0.186. The molecule has 1 fully saturated rings. The molecule has 1 N–H and O–H groups in total. The van der Waals surface area contributed by atoms with Crippen LogP contribution < -0.4 is 5.32 Å². The molecule has 2 atom stereocenters. The van der Waals surface area contributed by atoms with Crippen LogP contribution in [0.5, 0.6) is 0 Å². The van der Waals surface area contributed by atoms with E-state index < -0.39 is 0 Å². The van der Waals surface area contributed by atoms with Crippen molar-refractivity contribution in [3.8, 4) is 5.69 Å². The third kappa shape index (κ3) is 3.27. The number of rotatable bonds is 5. The highest BCUT2D eigenvalue weighted by atomic mass is 32.1. The second-order valence-electron chi connectivity index (χ2n) is 7.09. The van der Waals surface area contributed by atoms with Crippen molar-refractivity contribution in [1.82, 2.24) is 19.8 Å². The van der Waals surface area contributed by atoms with Gasteiger partial charge >= 0.3 is 0 Å². The van der Waals surface area contributed by atoms with Crippen molar-refractivity contribution in [2.75, 3.05) is 0 Å². The second kappa shape index (κ2) is 7.76. The smallest absolute Gasteiger partial charge is 0.170 e. The zero-order valence-corrected chi connectivity index (χ0v) is 16.8. The van der Waals surface area contributed by atoms with Crippen molar-refractivity contribution in [2.24, 2.45) is 0 Å². The second-order valence-corrected chi connectivity index (χ2v) is 7.48. The van der Waals surface area contributed by atoms with Crippen molar-refractivity contribution in [2.45, 2.75) is 18.6 Å². The summed E-state index contributed by atoms with van der Waals surface area (Å²) < 4.78 is 22.1. The van der Waals surface area contributed by atoms with Crippen LogP contribution in [0.2, 0.25) is 0 Å². The van der Waals surface area contributed by atoms with E-state index in [1.165, 1.54) is 6.07 Å². The summed E-state index contributed by atoms with van der Waals surface area (Å²) in [4.78, 5) is 6.62. The highest BCUT2D eigenvalue weighted by Crippen LogP contribution is 2.40. The van der Waals surface area contributed by atoms with E-state index in [0.717, 1.165) is 17.1 Å². The Morgan fingerprint density at radius 1 is 1.03 bits per heavy atom. The lowest BCUT2D eigenvalue weighted by Crippen LogP contribution is -2.29. The van der Waals surface area contributed by atoms with Crippen molar-refractivity contribution in [3.63, 3.8) is 0 Å². The van der Waals surface area contributed by atoms with E-state index in [2.05, 4.69) is 15.2 Å². The quantitative estimate of drug-likeness (QED) is 0.473. The van der Waals surface area contributed by atoms with Crippen molar-refractivity contribution >= 4 is 17.3 Å². The molecule has 0 spiro atoms. The predicted octanol–water partition coefficient (Wildman–Crippen LogP) is 4.78. The molecule has 0 amide bonds. The monoisotopic (exact) mass is 418 g/mol. The maximum absolute atomic E-state index is 14.6. The lowest BCUT2D eigenvalue weighted by atomic mass is 10.0. The van der Waals surface area contributed by atoms with Crippen LogP contribution in [0.25, 0.3) is 5.69 Å². The number of nitrogens with one attached hydrogen (secondary N) is 1. The van der Waals surface area contributed by atoms with E-state index in [1.54, 1.807) is 24.6 Å². The molecule has 1 aromatic carbocycles. The molecule has 3 aromatic heterocycles. The highest BCUT2D eigenvalue weighted by molar-refractivity contribution is 7.80. The van der Waals surface area contributed by atoms with Crippen LogP contribution >= 0.6 is 12.2 Å². The molecule has 7 heteroatoms. The number of para-hydroxylation sites is 1. The number of nitrogens with zero attached hydrogens (tertiary/aromatic N) is 3. The van der Waals surface area contributed by atoms with E-state index >= 15 is 0 Å². The first kappa shape index (κ1) is 18.6. The maximum atomic E-state index is 14.6. The number of hydrogen-bond acceptors (Lipinski definition) is 3. The van der Waals surface area contributed by atoms with Gasteiger partial charge in [0.15, 0.2) is 5.11 Å². The van der Waals surface area contributed by atoms with Crippen molar-refractivity contribution < 1.29 is 8.81 Å². The summed E-state index contributed by atoms with van der Waals surface area (Å²) in [6.45, 7) is 0.495. The predicted molar refractivity (Wildman–Crippen MR) is 115 cm³/mol. The van der Waals surface area contributed by atoms with Crippen LogP contribution in [0.4, 0.5) is 4.39 Å². The number of thiocarbonyl (C=S) groups is 1. The summed E-state index contributed by atoms with van der Waals surface area (Å²) in [6, 6.07) is 19.9. The first-order chi connectivity index (χ1) is 14.7. The molecule has 0 unspecified atom stereocenters. The Bertz CT molecular complexity index is 1160. The minimum atomic E-state index is -0.282. The SMILES string of the molecule is Fc1ccccc1-n1cccc1[C@@H]1[C@@H](c2ccccn2)NC(=S)N1Cc1ccco1. The Morgan fingerprint density at radius 3 is 2.67 bits per heavy atom. The van der Waals surface area contributed by atoms with Gasteiger partial charge in [-0.15, -0.1) is 0 Å². The number of benzene rings is 1. The van der Waals surface area contributed by atoms with Gasteiger partial charge in [0.2, 0.25) is 0 Å². The molecule has 5 rings (SSSR count). The first-order valence-electron chi connectivity index (χ1n) is 9.65. The standard InChI is InChI=1S/C23H19FN4OS/c24-17-8-1-2-10-19(17)27-13-5-11-20(27)22-21(18-9-3-4-12-25-18)26-23(30)28(22)15-16-7-6-14-29-16/h1-14,21-22H,15H2,(H,26,30)/t21-,22-/m1/s1. The van der Waals surface area contributed by atoms with Gasteiger partial charge in [0.25, 0.3) is 0 Å². The van der Waals surface area contributed by atoms with Gasteiger partial charge in [-0.05, 0) is 60.7 Å². The number of halogens is 1. The van der Waals surface area contributed by atoms with Crippen LogP contribution in [0, 0.1) is 5.82 Å². The zero-order valence-electron chi connectivity index (χ0n) is 16.0. The molecule has 1 aliphatic heterocycles. The molecular formula is C23H19FN4OS. The van der Waals surface area contributed by atoms with E-state index in [4.69, 9.17) is 16.6 Å². The highest BCUT2D eigenvalue weighted by Gasteiger charge is 2.41. The molecule has 0 aliphatic carbocycles. The van der Waals surface area contributed by atoms with Crippen LogP contribution in [0.3, 0.4) is 0 Å². The van der Waals surface area contributed by atoms with E-state index in [-0.39, 0.29) is 17.9 Å². The maximum Gasteiger partial charge on any atom is 0.170 e. The van der Waals surface area contributed by atoms with Crippen molar-refractivity contribution in [1.29, 1.82) is 0 Å². The Labute approximate surface area is 178 Å². The van der Waals surface area contributed by atoms with Gasteiger partial charge in [-0.25, -0.2) is 4.39 Å². The fourth-order valence-electron chi connectivity index (χ4n) is 3.97. The molecule has 0 saturated carbocycles. The van der Waals surface area contributed by atoms with E-state index in [0.29, 0.717) is 17.3 Å². The Morgan fingerprint density at radius 2 is 1.90 bits per heavy atom. The third-order valence-electron chi connectivity index (χ3n) is 5.30. The molecule has 150 valence electrons. The first-order valence-corrected chi connectivity index (χ1v) is 10.1. The molecule has 1 saturated heterocycles. The Kier molecular flexibility index (Phi) is 4.80. The molecule has 4 heterocycles. The number of pyridine rings is 1. The zero-order chi connectivity index (χ0) is 20.5. The summed E-state index contributed by atoms with van der Waals surface area (Å²) in [5.41, 5.74) is 2.27. The topological polar surface area (TPSA) is 46.2 Å². The number of furan rings is 1. The molecule has 1 aliphatic rings. The molecule has 4 aromatic rings. The van der Waals surface area contributed by atoms with E-state index in [1.807, 2.05) is 59.3 Å². The fourth-order valence-corrected chi connectivity index (χ4v) is 4.27. The van der Waals surface area contributed by atoms with Gasteiger partial charge in [-0.2, -0.15) is 0 Å². The average molecular weight is 418 g/mol. The number of hydrogen-bond donors (Lipinski definition) is 1. The van der Waals surface area contributed by atoms with Crippen LogP contribution in [0.15, 0.2) is 89.8 Å². The number of aromatic nitrogens is 2. The summed E-state index contributed by atoms with van der Waals surface area (Å²) in [5.74, 6) is 0.519. The fraction of sp³-hybridized carbons (Fsp3) is 0.130. The molecule has 30 heavy (non-hydrogen) atoms. The van der Waals surface area contributed by atoms with Gasteiger partial charge in [-0.1, -0.05) is 18.2 Å². The van der Waals surface area contributed by atoms with Gasteiger partial charge in [0.05, 0.1) is 36.3 Å². The largest absolute Gasteiger partial charge is 0.467 e. The Hall–Kier alpha value is -3.45. The van der Waals surface area contributed by atoms with Crippen LogP contribution in [-0.4, -0.2) is 19.6 Å². The normalized spacial score (nSPS) is 18.6. The molecule has 0 bridgehead atoms. The minimum Gasteiger partial charge on any atom is -0.467 e. The summed E-state index contributed by atoms with van der Waals surface area (Å²) in [6.07, 6.45) is 5.28. The lowest BCUT2D eigenvalue weighted by molar-refractivity contribution is 0.280. The van der Waals surface area contributed by atoms with Gasteiger partial charge in [0, 0.05) is 18.1 Å². The summed E-state index contributed by atoms with van der Waals surface area (Å²) in [5, 5.41) is 4.02. The third-order valence-corrected chi connectivity index (χ3v) is 5.65. The summed E-state index contributed by atoms with van der Waals surface area (Å²) >= 11 is 5.69. The van der Waals surface area contributed by atoms with Crippen molar-refractivity contribution in [3.05, 3.63) is 108 Å². The van der Waals surface area contributed by atoms with Gasteiger partial charge in [-0.3, -0.25) is 4.98 Å². The summed E-state index contributed by atoms with van der Waals surface area (Å²) in [7, 11) is 0. The van der Waals surface area contributed by atoms with Gasteiger partial charge in [0.1, 0.15) is 11.6 Å². The Balaban J connectivity index is 1.62. The lowest BCUT2D eigenvalue weighted by Gasteiger charge is -2.28. The van der Waals surface area contributed by atoms with Crippen LogP contribution in [-0.2, 0) is 6.54 Å². The van der Waals surface area contributed by atoms with Crippen LogP contribution in [0.1, 0.15) is 29.2 Å². The van der Waals surface area contributed by atoms with Gasteiger partial charge < -0.3 is 19.2 Å².